The molecular formula is C16H21FN2O2. The molecule has 2 N–H and O–H groups in total. The zero-order valence-corrected chi connectivity index (χ0v) is 12.0. The van der Waals surface area contributed by atoms with Gasteiger partial charge in [-0.3, -0.25) is 4.79 Å². The number of carbonyl (C=O) groups is 1. The van der Waals surface area contributed by atoms with Crippen molar-refractivity contribution in [1.82, 2.24) is 10.6 Å². The molecule has 3 rings (SSSR count). The molecule has 2 aliphatic rings. The first kappa shape index (κ1) is 14.3. The molecule has 2 aliphatic heterocycles. The summed E-state index contributed by atoms with van der Waals surface area (Å²) in [6.07, 6.45) is 4.71. The first-order valence-corrected chi connectivity index (χ1v) is 7.63. The summed E-state index contributed by atoms with van der Waals surface area (Å²) in [7, 11) is 0. The Morgan fingerprint density at radius 2 is 2.00 bits per heavy atom. The molecule has 21 heavy (non-hydrogen) atoms. The van der Waals surface area contributed by atoms with Crippen molar-refractivity contribution in [2.75, 3.05) is 6.61 Å². The lowest BCUT2D eigenvalue weighted by Gasteiger charge is -2.29. The van der Waals surface area contributed by atoms with Crippen LogP contribution in [0.3, 0.4) is 0 Å². The van der Waals surface area contributed by atoms with Crippen LogP contribution in [0.15, 0.2) is 24.3 Å². The number of nitrogens with one attached hydrogen (secondary N) is 2. The molecule has 2 unspecified atom stereocenters. The van der Waals surface area contributed by atoms with Crippen molar-refractivity contribution in [1.29, 1.82) is 0 Å². The van der Waals surface area contributed by atoms with E-state index in [0.29, 0.717) is 12.1 Å². The number of carbonyl (C=O) groups excluding carboxylic acids is 1. The van der Waals surface area contributed by atoms with Gasteiger partial charge in [0.1, 0.15) is 0 Å². The lowest BCUT2D eigenvalue weighted by Crippen LogP contribution is -2.48. The number of para-hydroxylation sites is 1. The number of benzene rings is 1. The van der Waals surface area contributed by atoms with Crippen LogP contribution >= 0.6 is 0 Å². The van der Waals surface area contributed by atoms with E-state index < -0.39 is 5.82 Å². The maximum atomic E-state index is 13.3. The van der Waals surface area contributed by atoms with Crippen molar-refractivity contribution in [3.8, 4) is 5.75 Å². The summed E-state index contributed by atoms with van der Waals surface area (Å²) in [4.78, 5) is 11.9. The van der Waals surface area contributed by atoms with E-state index in [1.54, 1.807) is 18.2 Å². The highest BCUT2D eigenvalue weighted by atomic mass is 19.1. The molecule has 2 atom stereocenters. The highest BCUT2D eigenvalue weighted by Gasteiger charge is 2.33. The van der Waals surface area contributed by atoms with Crippen molar-refractivity contribution in [3.63, 3.8) is 0 Å². The van der Waals surface area contributed by atoms with E-state index in [2.05, 4.69) is 10.6 Å². The van der Waals surface area contributed by atoms with Gasteiger partial charge in [-0.05, 0) is 37.8 Å². The van der Waals surface area contributed by atoms with Crippen LogP contribution < -0.4 is 15.4 Å². The molecule has 2 fully saturated rings. The van der Waals surface area contributed by atoms with Gasteiger partial charge >= 0.3 is 0 Å². The Morgan fingerprint density at radius 1 is 1.29 bits per heavy atom. The van der Waals surface area contributed by atoms with E-state index in [9.17, 15) is 9.18 Å². The second-order valence-corrected chi connectivity index (χ2v) is 5.90. The molecule has 1 aromatic rings. The Hall–Kier alpha value is -1.62. The lowest BCUT2D eigenvalue weighted by atomic mass is 10.00. The molecule has 0 saturated carbocycles. The summed E-state index contributed by atoms with van der Waals surface area (Å²) in [6, 6.07) is 7.62. The third-order valence-corrected chi connectivity index (χ3v) is 4.26. The summed E-state index contributed by atoms with van der Waals surface area (Å²) >= 11 is 0. The molecule has 2 saturated heterocycles. The summed E-state index contributed by atoms with van der Waals surface area (Å²) in [5.41, 5.74) is 0. The van der Waals surface area contributed by atoms with Crippen LogP contribution in [0.4, 0.5) is 4.39 Å². The van der Waals surface area contributed by atoms with Crippen LogP contribution in [-0.2, 0) is 4.79 Å². The van der Waals surface area contributed by atoms with Gasteiger partial charge in [-0.25, -0.2) is 4.39 Å². The first-order valence-electron chi connectivity index (χ1n) is 7.63. The fourth-order valence-corrected chi connectivity index (χ4v) is 3.29. The summed E-state index contributed by atoms with van der Waals surface area (Å²) in [6.45, 7) is 0.199. The number of fused-ring (bicyclic) bond motifs is 2. The fraction of sp³-hybridized carbons (Fsp3) is 0.562. The molecule has 0 aliphatic carbocycles. The summed E-state index contributed by atoms with van der Waals surface area (Å²) < 4.78 is 18.7. The average molecular weight is 292 g/mol. The molecule has 2 heterocycles. The fourth-order valence-electron chi connectivity index (χ4n) is 3.29. The topological polar surface area (TPSA) is 50.4 Å². The SMILES string of the molecule is O=C(CCOc1ccccc1F)NC1CC2CCC(C1)N2. The number of rotatable bonds is 5. The molecule has 114 valence electrons. The van der Waals surface area contributed by atoms with Crippen LogP contribution in [0.2, 0.25) is 0 Å². The van der Waals surface area contributed by atoms with Gasteiger partial charge < -0.3 is 15.4 Å². The van der Waals surface area contributed by atoms with Crippen molar-refractivity contribution in [2.45, 2.75) is 50.2 Å². The van der Waals surface area contributed by atoms with Crippen LogP contribution in [0.5, 0.6) is 5.75 Å². The maximum Gasteiger partial charge on any atom is 0.223 e. The average Bonchev–Trinajstić information content (AvgIpc) is 2.80. The largest absolute Gasteiger partial charge is 0.490 e. The number of hydrogen-bond donors (Lipinski definition) is 2. The van der Waals surface area contributed by atoms with E-state index in [4.69, 9.17) is 4.74 Å². The Kier molecular flexibility index (Phi) is 4.39. The van der Waals surface area contributed by atoms with E-state index in [1.807, 2.05) is 0 Å². The molecule has 1 amide bonds. The zero-order chi connectivity index (χ0) is 14.7. The van der Waals surface area contributed by atoms with Crippen LogP contribution in [0, 0.1) is 5.82 Å². The number of piperidine rings is 1. The molecule has 0 spiro atoms. The van der Waals surface area contributed by atoms with Crippen LogP contribution in [0.25, 0.3) is 0 Å². The number of amides is 1. The summed E-state index contributed by atoms with van der Waals surface area (Å²) in [5.74, 6) is -0.212. The molecular weight excluding hydrogens is 271 g/mol. The number of ether oxygens (including phenoxy) is 1. The zero-order valence-electron chi connectivity index (χ0n) is 12.0. The van der Waals surface area contributed by atoms with E-state index >= 15 is 0 Å². The lowest BCUT2D eigenvalue weighted by molar-refractivity contribution is -0.122. The van der Waals surface area contributed by atoms with E-state index in [1.165, 1.54) is 18.9 Å². The minimum absolute atomic E-state index is 0.0161. The Bertz CT molecular complexity index is 497. The van der Waals surface area contributed by atoms with E-state index in [0.717, 1.165) is 12.8 Å². The smallest absolute Gasteiger partial charge is 0.223 e. The predicted octanol–water partition coefficient (Wildman–Crippen LogP) is 1.99. The minimum atomic E-state index is -0.396. The highest BCUT2D eigenvalue weighted by molar-refractivity contribution is 5.76. The van der Waals surface area contributed by atoms with Crippen LogP contribution in [0.1, 0.15) is 32.1 Å². The van der Waals surface area contributed by atoms with Crippen molar-refractivity contribution >= 4 is 5.91 Å². The first-order chi connectivity index (χ1) is 10.2. The predicted molar refractivity (Wildman–Crippen MR) is 77.6 cm³/mol. The Labute approximate surface area is 124 Å². The highest BCUT2D eigenvalue weighted by Crippen LogP contribution is 2.26. The normalized spacial score (nSPS) is 27.4. The van der Waals surface area contributed by atoms with E-state index in [-0.39, 0.29) is 30.7 Å². The maximum absolute atomic E-state index is 13.3. The third-order valence-electron chi connectivity index (χ3n) is 4.26. The summed E-state index contributed by atoms with van der Waals surface area (Å²) in [5, 5.41) is 6.61. The molecule has 4 nitrogen and oxygen atoms in total. The molecule has 0 aromatic heterocycles. The van der Waals surface area contributed by atoms with Gasteiger partial charge in [0.15, 0.2) is 11.6 Å². The molecule has 5 heteroatoms. The molecule has 0 radical (unpaired) electrons. The van der Waals surface area contributed by atoms with Gasteiger partial charge in [0, 0.05) is 18.1 Å². The molecule has 1 aromatic carbocycles. The number of hydrogen-bond acceptors (Lipinski definition) is 3. The van der Waals surface area contributed by atoms with Crippen molar-refractivity contribution < 1.29 is 13.9 Å². The molecule has 2 bridgehead atoms. The van der Waals surface area contributed by atoms with Crippen molar-refractivity contribution in [3.05, 3.63) is 30.1 Å². The second kappa shape index (κ2) is 6.43. The second-order valence-electron chi connectivity index (χ2n) is 5.90. The quantitative estimate of drug-likeness (QED) is 0.872. The van der Waals surface area contributed by atoms with Gasteiger partial charge in [0.25, 0.3) is 0 Å². The van der Waals surface area contributed by atoms with Gasteiger partial charge in [0.05, 0.1) is 13.0 Å². The standard InChI is InChI=1S/C16H21FN2O2/c17-14-3-1-2-4-15(14)21-8-7-16(20)19-13-9-11-5-6-12(10-13)18-11/h1-4,11-13,18H,5-10H2,(H,19,20). The van der Waals surface area contributed by atoms with Crippen molar-refractivity contribution in [2.24, 2.45) is 0 Å². The third kappa shape index (κ3) is 3.73. The van der Waals surface area contributed by atoms with Gasteiger partial charge in [0.2, 0.25) is 5.91 Å². The Balaban J connectivity index is 1.40. The monoisotopic (exact) mass is 292 g/mol. The minimum Gasteiger partial charge on any atom is -0.490 e. The van der Waals surface area contributed by atoms with Gasteiger partial charge in [-0.15, -0.1) is 0 Å². The van der Waals surface area contributed by atoms with Crippen LogP contribution in [-0.4, -0.2) is 30.6 Å². The number of halogens is 1. The van der Waals surface area contributed by atoms with Gasteiger partial charge in [-0.1, -0.05) is 12.1 Å². The van der Waals surface area contributed by atoms with Gasteiger partial charge in [-0.2, -0.15) is 0 Å². The Morgan fingerprint density at radius 3 is 2.71 bits per heavy atom.